The Kier molecular flexibility index (Phi) is 5.54. The SMILES string of the molecule is CCOC(=O)C(C)(C)ON=C1C(=O)Nc2c1cc(-c1ccccc1)c1c2[C@H](C)NCC1. The summed E-state index contributed by atoms with van der Waals surface area (Å²) in [6, 6.07) is 12.2. The Hall–Kier alpha value is -3.19. The average Bonchev–Trinajstić information content (AvgIpc) is 3.07. The highest BCUT2D eigenvalue weighted by Gasteiger charge is 2.37. The molecule has 2 N–H and O–H groups in total. The molecule has 1 amide bonds. The van der Waals surface area contributed by atoms with E-state index in [9.17, 15) is 9.59 Å². The van der Waals surface area contributed by atoms with Gasteiger partial charge in [-0.15, -0.1) is 0 Å². The van der Waals surface area contributed by atoms with Gasteiger partial charge in [-0.1, -0.05) is 35.5 Å². The molecule has 0 saturated heterocycles. The number of anilines is 1. The van der Waals surface area contributed by atoms with E-state index in [2.05, 4.69) is 34.8 Å². The maximum absolute atomic E-state index is 12.8. The minimum absolute atomic E-state index is 0.0812. The number of esters is 1. The number of hydrogen-bond donors (Lipinski definition) is 2. The van der Waals surface area contributed by atoms with Crippen LogP contribution in [-0.4, -0.2) is 36.3 Å². The van der Waals surface area contributed by atoms with Gasteiger partial charge >= 0.3 is 5.97 Å². The smallest absolute Gasteiger partial charge is 0.352 e. The topological polar surface area (TPSA) is 89.0 Å². The number of carbonyl (C=O) groups excluding carboxylic acids is 2. The number of rotatable bonds is 5. The van der Waals surface area contributed by atoms with Gasteiger partial charge in [-0.3, -0.25) is 4.79 Å². The molecule has 0 spiro atoms. The van der Waals surface area contributed by atoms with E-state index in [1.54, 1.807) is 20.8 Å². The monoisotopic (exact) mass is 421 g/mol. The molecule has 0 aliphatic carbocycles. The van der Waals surface area contributed by atoms with E-state index < -0.39 is 11.6 Å². The van der Waals surface area contributed by atoms with Crippen LogP contribution < -0.4 is 10.6 Å². The number of oxime groups is 1. The van der Waals surface area contributed by atoms with Crippen molar-refractivity contribution in [2.45, 2.75) is 45.8 Å². The fourth-order valence-electron chi connectivity index (χ4n) is 4.09. The van der Waals surface area contributed by atoms with Crippen molar-refractivity contribution in [3.05, 3.63) is 53.1 Å². The second-order valence-corrected chi connectivity index (χ2v) is 8.25. The number of nitrogens with one attached hydrogen (secondary N) is 2. The van der Waals surface area contributed by atoms with Crippen molar-refractivity contribution in [3.63, 3.8) is 0 Å². The standard InChI is InChI=1S/C24H27N3O4/c1-5-30-23(29)24(3,4)31-27-21-18-13-17(15-9-7-6-8-10-15)16-11-12-25-14(2)19(16)20(18)26-22(21)28/h6-10,13-14,25H,5,11-12H2,1-4H3,(H,26,27,28)/t14-/m0/s1. The molecule has 0 unspecified atom stereocenters. The Morgan fingerprint density at radius 3 is 2.68 bits per heavy atom. The summed E-state index contributed by atoms with van der Waals surface area (Å²) < 4.78 is 5.04. The fraction of sp³-hybridized carbons (Fsp3) is 0.375. The number of ether oxygens (including phenoxy) is 1. The molecule has 2 aromatic carbocycles. The Labute approximate surface area is 181 Å². The van der Waals surface area contributed by atoms with Gasteiger partial charge in [0.2, 0.25) is 5.60 Å². The Balaban J connectivity index is 1.82. The van der Waals surface area contributed by atoms with Crippen LogP contribution in [0, 0.1) is 0 Å². The molecule has 0 bridgehead atoms. The number of hydrogen-bond acceptors (Lipinski definition) is 6. The largest absolute Gasteiger partial charge is 0.463 e. The van der Waals surface area contributed by atoms with E-state index in [4.69, 9.17) is 9.57 Å². The normalized spacial score (nSPS) is 18.9. The van der Waals surface area contributed by atoms with Crippen molar-refractivity contribution >= 4 is 23.3 Å². The van der Waals surface area contributed by atoms with Gasteiger partial charge < -0.3 is 20.2 Å². The zero-order chi connectivity index (χ0) is 22.2. The molecule has 0 radical (unpaired) electrons. The minimum Gasteiger partial charge on any atom is -0.463 e. The summed E-state index contributed by atoms with van der Waals surface area (Å²) in [6.07, 6.45) is 0.867. The van der Waals surface area contributed by atoms with Crippen LogP contribution >= 0.6 is 0 Å². The molecule has 31 heavy (non-hydrogen) atoms. The summed E-state index contributed by atoms with van der Waals surface area (Å²) in [5.41, 5.74) is 4.76. The van der Waals surface area contributed by atoms with Crippen molar-refractivity contribution in [2.75, 3.05) is 18.5 Å². The van der Waals surface area contributed by atoms with Gasteiger partial charge in [0, 0.05) is 11.6 Å². The van der Waals surface area contributed by atoms with Crippen LogP contribution in [0.2, 0.25) is 0 Å². The molecule has 4 rings (SSSR count). The molecule has 2 aliphatic heterocycles. The molecular formula is C24H27N3O4. The third-order valence-electron chi connectivity index (χ3n) is 5.66. The van der Waals surface area contributed by atoms with Crippen LogP contribution in [0.25, 0.3) is 11.1 Å². The zero-order valence-corrected chi connectivity index (χ0v) is 18.2. The first-order valence-electron chi connectivity index (χ1n) is 10.6. The average molecular weight is 421 g/mol. The highest BCUT2D eigenvalue weighted by Crippen LogP contribution is 2.42. The van der Waals surface area contributed by atoms with Gasteiger partial charge in [-0.25, -0.2) is 4.79 Å². The Morgan fingerprint density at radius 1 is 1.23 bits per heavy atom. The molecule has 2 aromatic rings. The lowest BCUT2D eigenvalue weighted by atomic mass is 9.85. The number of fused-ring (bicyclic) bond motifs is 3. The summed E-state index contributed by atoms with van der Waals surface area (Å²) in [5, 5.41) is 10.6. The first-order chi connectivity index (χ1) is 14.8. The molecule has 2 aliphatic rings. The molecule has 2 heterocycles. The van der Waals surface area contributed by atoms with Gasteiger partial charge in [0.1, 0.15) is 0 Å². The van der Waals surface area contributed by atoms with E-state index >= 15 is 0 Å². The van der Waals surface area contributed by atoms with E-state index in [0.29, 0.717) is 5.56 Å². The fourth-order valence-corrected chi connectivity index (χ4v) is 4.09. The molecule has 162 valence electrons. The predicted molar refractivity (Wildman–Crippen MR) is 119 cm³/mol. The molecule has 1 atom stereocenters. The van der Waals surface area contributed by atoms with Gasteiger partial charge in [0.25, 0.3) is 5.91 Å². The van der Waals surface area contributed by atoms with Crippen molar-refractivity contribution in [3.8, 4) is 11.1 Å². The quantitative estimate of drug-likeness (QED) is 0.569. The van der Waals surface area contributed by atoms with Crippen molar-refractivity contribution in [2.24, 2.45) is 5.16 Å². The van der Waals surface area contributed by atoms with Gasteiger partial charge in [0.05, 0.1) is 12.3 Å². The van der Waals surface area contributed by atoms with Crippen molar-refractivity contribution in [1.82, 2.24) is 5.32 Å². The Morgan fingerprint density at radius 2 is 1.97 bits per heavy atom. The van der Waals surface area contributed by atoms with Gasteiger partial charge in [0.15, 0.2) is 5.71 Å². The third kappa shape index (κ3) is 3.81. The summed E-state index contributed by atoms with van der Waals surface area (Å²) in [4.78, 5) is 30.5. The first kappa shape index (κ1) is 21.1. The van der Waals surface area contributed by atoms with Crippen LogP contribution in [0.3, 0.4) is 0 Å². The van der Waals surface area contributed by atoms with E-state index in [0.717, 1.165) is 35.3 Å². The summed E-state index contributed by atoms with van der Waals surface area (Å²) >= 11 is 0. The Bertz CT molecular complexity index is 1060. The van der Waals surface area contributed by atoms with E-state index in [1.165, 1.54) is 5.56 Å². The van der Waals surface area contributed by atoms with Crippen molar-refractivity contribution < 1.29 is 19.2 Å². The molecule has 0 aromatic heterocycles. The predicted octanol–water partition coefficient (Wildman–Crippen LogP) is 3.57. The van der Waals surface area contributed by atoms with Crippen LogP contribution in [0.1, 0.15) is 50.4 Å². The van der Waals surface area contributed by atoms with E-state index in [1.807, 2.05) is 24.3 Å². The van der Waals surface area contributed by atoms with Gasteiger partial charge in [-0.05, 0) is 69.0 Å². The number of benzene rings is 2. The summed E-state index contributed by atoms with van der Waals surface area (Å²) in [6.45, 7) is 8.06. The molecule has 7 heteroatoms. The number of nitrogens with zero attached hydrogens (tertiary/aromatic N) is 1. The van der Waals surface area contributed by atoms with Crippen LogP contribution in [-0.2, 0) is 25.6 Å². The highest BCUT2D eigenvalue weighted by atomic mass is 16.7. The molecule has 0 saturated carbocycles. The number of amides is 1. The summed E-state index contributed by atoms with van der Waals surface area (Å²) in [5.74, 6) is -0.883. The second kappa shape index (κ2) is 8.15. The number of carbonyl (C=O) groups is 2. The summed E-state index contributed by atoms with van der Waals surface area (Å²) in [7, 11) is 0. The second-order valence-electron chi connectivity index (χ2n) is 8.25. The minimum atomic E-state index is -1.31. The van der Waals surface area contributed by atoms with Crippen LogP contribution in [0.15, 0.2) is 41.6 Å². The highest BCUT2D eigenvalue weighted by molar-refractivity contribution is 6.54. The lowest BCUT2D eigenvalue weighted by molar-refractivity contribution is -0.167. The maximum Gasteiger partial charge on any atom is 0.352 e. The van der Waals surface area contributed by atoms with Crippen LogP contribution in [0.4, 0.5) is 5.69 Å². The van der Waals surface area contributed by atoms with E-state index in [-0.39, 0.29) is 24.3 Å². The molecule has 7 nitrogen and oxygen atoms in total. The van der Waals surface area contributed by atoms with Gasteiger partial charge in [-0.2, -0.15) is 0 Å². The third-order valence-corrected chi connectivity index (χ3v) is 5.66. The van der Waals surface area contributed by atoms with Crippen LogP contribution in [0.5, 0.6) is 0 Å². The lowest BCUT2D eigenvalue weighted by Gasteiger charge is -2.28. The zero-order valence-electron chi connectivity index (χ0n) is 18.2. The van der Waals surface area contributed by atoms with Crippen molar-refractivity contribution in [1.29, 1.82) is 0 Å². The molecular weight excluding hydrogens is 394 g/mol. The first-order valence-corrected chi connectivity index (χ1v) is 10.6. The maximum atomic E-state index is 12.8. The molecule has 0 fully saturated rings. The lowest BCUT2D eigenvalue weighted by Crippen LogP contribution is -2.35.